The number of rotatable bonds is 2. The van der Waals surface area contributed by atoms with Crippen molar-refractivity contribution in [2.75, 3.05) is 42.6 Å². The summed E-state index contributed by atoms with van der Waals surface area (Å²) in [6.07, 6.45) is 0.923. The highest BCUT2D eigenvalue weighted by atomic mass is 16.5. The van der Waals surface area contributed by atoms with Gasteiger partial charge in [0.2, 0.25) is 0 Å². The van der Waals surface area contributed by atoms with Crippen LogP contribution in [0.5, 0.6) is 0 Å². The molecule has 2 aliphatic heterocycles. The van der Waals surface area contributed by atoms with Crippen LogP contribution in [-0.4, -0.2) is 38.8 Å². The van der Waals surface area contributed by atoms with Crippen LogP contribution in [0.25, 0.3) is 0 Å². The molecule has 0 atom stereocenters. The van der Waals surface area contributed by atoms with E-state index in [4.69, 9.17) is 4.74 Å². The number of carbonyl (C=O) groups excluding carboxylic acids is 1. The number of hydrogen-bond acceptors (Lipinski definition) is 3. The third kappa shape index (κ3) is 2.70. The van der Waals surface area contributed by atoms with Crippen LogP contribution in [0.4, 0.5) is 11.4 Å². The van der Waals surface area contributed by atoms with Crippen LogP contribution in [0.15, 0.2) is 48.5 Å². The quantitative estimate of drug-likeness (QED) is 0.855. The Hall–Kier alpha value is -2.33. The lowest BCUT2D eigenvalue weighted by Gasteiger charge is -2.29. The highest BCUT2D eigenvalue weighted by Gasteiger charge is 2.26. The molecule has 2 aliphatic rings. The lowest BCUT2D eigenvalue weighted by Crippen LogP contribution is -2.36. The number of benzene rings is 2. The van der Waals surface area contributed by atoms with Gasteiger partial charge in [-0.3, -0.25) is 4.79 Å². The van der Waals surface area contributed by atoms with Crippen LogP contribution >= 0.6 is 0 Å². The summed E-state index contributed by atoms with van der Waals surface area (Å²) in [5.41, 5.74) is 4.30. The summed E-state index contributed by atoms with van der Waals surface area (Å²) in [4.78, 5) is 16.9. The van der Waals surface area contributed by atoms with Gasteiger partial charge in [0.25, 0.3) is 5.91 Å². The fraction of sp³-hybridized carbons (Fsp3) is 0.316. The van der Waals surface area contributed by atoms with Crippen molar-refractivity contribution in [2.45, 2.75) is 6.42 Å². The van der Waals surface area contributed by atoms with Crippen molar-refractivity contribution < 1.29 is 9.53 Å². The zero-order chi connectivity index (χ0) is 15.6. The molecule has 0 spiro atoms. The Bertz CT molecular complexity index is 709. The molecule has 0 unspecified atom stereocenters. The molecule has 2 aromatic rings. The number of anilines is 2. The van der Waals surface area contributed by atoms with Gasteiger partial charge in [-0.15, -0.1) is 0 Å². The van der Waals surface area contributed by atoms with Gasteiger partial charge in [-0.1, -0.05) is 18.2 Å². The van der Waals surface area contributed by atoms with Gasteiger partial charge >= 0.3 is 0 Å². The normalized spacial score (nSPS) is 17.2. The largest absolute Gasteiger partial charge is 0.378 e. The van der Waals surface area contributed by atoms with E-state index in [1.807, 2.05) is 35.2 Å². The van der Waals surface area contributed by atoms with E-state index < -0.39 is 0 Å². The zero-order valence-corrected chi connectivity index (χ0v) is 13.1. The molecular weight excluding hydrogens is 288 g/mol. The Morgan fingerprint density at radius 3 is 2.52 bits per heavy atom. The van der Waals surface area contributed by atoms with Crippen LogP contribution in [0.3, 0.4) is 0 Å². The summed E-state index contributed by atoms with van der Waals surface area (Å²) < 4.78 is 5.42. The molecule has 23 heavy (non-hydrogen) atoms. The van der Waals surface area contributed by atoms with E-state index in [2.05, 4.69) is 23.1 Å². The molecule has 1 fully saturated rings. The second kappa shape index (κ2) is 6.05. The zero-order valence-electron chi connectivity index (χ0n) is 13.1. The Balaban J connectivity index is 1.59. The maximum atomic E-state index is 12.7. The summed E-state index contributed by atoms with van der Waals surface area (Å²) in [6.45, 7) is 4.21. The third-order valence-corrected chi connectivity index (χ3v) is 4.60. The standard InChI is InChI=1S/C19H20N2O2/c22-19(15-4-2-1-3-5-15)21-9-8-16-14-17(6-7-18(16)21)20-10-12-23-13-11-20/h1-7,14H,8-13H2. The van der Waals surface area contributed by atoms with Crippen LogP contribution in [0, 0.1) is 0 Å². The number of nitrogens with zero attached hydrogens (tertiary/aromatic N) is 2. The van der Waals surface area contributed by atoms with Crippen molar-refractivity contribution in [1.82, 2.24) is 0 Å². The molecule has 118 valence electrons. The molecule has 0 saturated carbocycles. The van der Waals surface area contributed by atoms with Crippen molar-refractivity contribution in [1.29, 1.82) is 0 Å². The minimum atomic E-state index is 0.0865. The number of carbonyl (C=O) groups is 1. The molecule has 0 aromatic heterocycles. The highest BCUT2D eigenvalue weighted by molar-refractivity contribution is 6.07. The van der Waals surface area contributed by atoms with Gasteiger partial charge in [0.15, 0.2) is 0 Å². The smallest absolute Gasteiger partial charge is 0.258 e. The molecule has 0 N–H and O–H groups in total. The van der Waals surface area contributed by atoms with E-state index >= 15 is 0 Å². The molecule has 0 radical (unpaired) electrons. The van der Waals surface area contributed by atoms with Crippen LogP contribution < -0.4 is 9.80 Å². The van der Waals surface area contributed by atoms with Gasteiger partial charge in [0.05, 0.1) is 13.2 Å². The molecule has 0 aliphatic carbocycles. The van der Waals surface area contributed by atoms with Gasteiger partial charge in [0.1, 0.15) is 0 Å². The first kappa shape index (κ1) is 14.3. The molecule has 2 aromatic carbocycles. The lowest BCUT2D eigenvalue weighted by atomic mass is 10.1. The van der Waals surface area contributed by atoms with Crippen LogP contribution in [-0.2, 0) is 11.2 Å². The first-order chi connectivity index (χ1) is 11.3. The number of morpholine rings is 1. The molecule has 2 heterocycles. The van der Waals surface area contributed by atoms with Crippen molar-refractivity contribution in [3.63, 3.8) is 0 Å². The summed E-state index contributed by atoms with van der Waals surface area (Å²) in [6, 6.07) is 16.0. The Kier molecular flexibility index (Phi) is 3.75. The van der Waals surface area contributed by atoms with Crippen molar-refractivity contribution in [3.05, 3.63) is 59.7 Å². The predicted molar refractivity (Wildman–Crippen MR) is 91.3 cm³/mol. The van der Waals surface area contributed by atoms with E-state index in [9.17, 15) is 4.79 Å². The Morgan fingerprint density at radius 1 is 0.957 bits per heavy atom. The number of ether oxygens (including phenoxy) is 1. The lowest BCUT2D eigenvalue weighted by molar-refractivity contribution is 0.0989. The second-order valence-corrected chi connectivity index (χ2v) is 5.99. The Labute approximate surface area is 136 Å². The van der Waals surface area contributed by atoms with Crippen molar-refractivity contribution in [2.24, 2.45) is 0 Å². The van der Waals surface area contributed by atoms with Crippen molar-refractivity contribution in [3.8, 4) is 0 Å². The maximum absolute atomic E-state index is 12.7. The van der Waals surface area contributed by atoms with E-state index in [1.54, 1.807) is 0 Å². The molecule has 4 rings (SSSR count). The molecule has 0 bridgehead atoms. The van der Waals surface area contributed by atoms with Gasteiger partial charge in [-0.2, -0.15) is 0 Å². The van der Waals surface area contributed by atoms with Gasteiger partial charge in [-0.25, -0.2) is 0 Å². The second-order valence-electron chi connectivity index (χ2n) is 5.99. The SMILES string of the molecule is O=C(c1ccccc1)N1CCc2cc(N3CCOCC3)ccc21. The molecule has 4 nitrogen and oxygen atoms in total. The predicted octanol–water partition coefficient (Wildman–Crippen LogP) is 2.73. The number of fused-ring (bicyclic) bond motifs is 1. The first-order valence-corrected chi connectivity index (χ1v) is 8.15. The van der Waals surface area contributed by atoms with E-state index in [0.29, 0.717) is 0 Å². The average molecular weight is 308 g/mol. The van der Waals surface area contributed by atoms with E-state index in [-0.39, 0.29) is 5.91 Å². The molecular formula is C19H20N2O2. The summed E-state index contributed by atoms with van der Waals surface area (Å²) in [5.74, 6) is 0.0865. The maximum Gasteiger partial charge on any atom is 0.258 e. The molecule has 1 amide bonds. The summed E-state index contributed by atoms with van der Waals surface area (Å²) in [5, 5.41) is 0. The number of amides is 1. The fourth-order valence-electron chi connectivity index (χ4n) is 3.35. The highest BCUT2D eigenvalue weighted by Crippen LogP contribution is 2.33. The minimum Gasteiger partial charge on any atom is -0.378 e. The summed E-state index contributed by atoms with van der Waals surface area (Å²) >= 11 is 0. The monoisotopic (exact) mass is 308 g/mol. The fourth-order valence-corrected chi connectivity index (χ4v) is 3.35. The van der Waals surface area contributed by atoms with E-state index in [1.165, 1.54) is 11.3 Å². The van der Waals surface area contributed by atoms with Gasteiger partial charge < -0.3 is 14.5 Å². The summed E-state index contributed by atoms with van der Waals surface area (Å²) in [7, 11) is 0. The first-order valence-electron chi connectivity index (χ1n) is 8.15. The molecule has 1 saturated heterocycles. The van der Waals surface area contributed by atoms with E-state index in [0.717, 1.165) is 50.5 Å². The topological polar surface area (TPSA) is 32.8 Å². The van der Waals surface area contributed by atoms with Crippen molar-refractivity contribution >= 4 is 17.3 Å². The molecule has 4 heteroatoms. The minimum absolute atomic E-state index is 0.0865. The average Bonchev–Trinajstić information content (AvgIpc) is 3.05. The van der Waals surface area contributed by atoms with Gasteiger partial charge in [0, 0.05) is 36.6 Å². The van der Waals surface area contributed by atoms with Gasteiger partial charge in [-0.05, 0) is 42.3 Å². The third-order valence-electron chi connectivity index (χ3n) is 4.60. The Morgan fingerprint density at radius 2 is 1.74 bits per heavy atom. The van der Waals surface area contributed by atoms with Crippen LogP contribution in [0.1, 0.15) is 15.9 Å². The van der Waals surface area contributed by atoms with Crippen LogP contribution in [0.2, 0.25) is 0 Å². The number of hydrogen-bond donors (Lipinski definition) is 0.